The zero-order chi connectivity index (χ0) is 17.7. The average Bonchev–Trinajstić information content (AvgIpc) is 3.19. The minimum atomic E-state index is -3.58. The van der Waals surface area contributed by atoms with Gasteiger partial charge in [0.25, 0.3) is 0 Å². The zero-order valence-electron chi connectivity index (χ0n) is 13.6. The highest BCUT2D eigenvalue weighted by Crippen LogP contribution is 2.31. The quantitative estimate of drug-likeness (QED) is 0.864. The first-order chi connectivity index (χ1) is 12.1. The van der Waals surface area contributed by atoms with Gasteiger partial charge in [-0.1, -0.05) is 36.4 Å². The lowest BCUT2D eigenvalue weighted by molar-refractivity contribution is 0.0532. The second kappa shape index (κ2) is 7.99. The van der Waals surface area contributed by atoms with Crippen molar-refractivity contribution in [3.63, 3.8) is 0 Å². The standard InChI is InChI=1S/C17H20N2O4S2/c20-17(19-8-10-23-11-9-19)18-13-15(14-5-2-1-3-6-14)25(21,22)16-7-4-12-24-16/h1-7,12,15H,8-11,13H2,(H,18,20). The summed E-state index contributed by atoms with van der Waals surface area (Å²) in [6, 6.07) is 12.0. The number of thiophene rings is 1. The number of nitrogens with zero attached hydrogens (tertiary/aromatic N) is 1. The summed E-state index contributed by atoms with van der Waals surface area (Å²) in [7, 11) is -3.58. The molecule has 2 amide bonds. The number of benzene rings is 1. The molecule has 134 valence electrons. The molecular formula is C17H20N2O4S2. The van der Waals surface area contributed by atoms with Crippen molar-refractivity contribution in [2.24, 2.45) is 0 Å². The largest absolute Gasteiger partial charge is 0.378 e. The van der Waals surface area contributed by atoms with E-state index in [1.165, 1.54) is 11.3 Å². The van der Waals surface area contributed by atoms with Gasteiger partial charge in [-0.3, -0.25) is 0 Å². The molecule has 8 heteroatoms. The Balaban J connectivity index is 1.79. The summed E-state index contributed by atoms with van der Waals surface area (Å²) in [5.41, 5.74) is 0.665. The summed E-state index contributed by atoms with van der Waals surface area (Å²) >= 11 is 1.19. The van der Waals surface area contributed by atoms with Gasteiger partial charge in [-0.25, -0.2) is 13.2 Å². The van der Waals surface area contributed by atoms with Crippen molar-refractivity contribution in [2.75, 3.05) is 32.8 Å². The van der Waals surface area contributed by atoms with Crippen LogP contribution in [0.3, 0.4) is 0 Å². The average molecular weight is 380 g/mol. The van der Waals surface area contributed by atoms with Gasteiger partial charge >= 0.3 is 6.03 Å². The maximum atomic E-state index is 13.0. The third kappa shape index (κ3) is 4.20. The maximum absolute atomic E-state index is 13.0. The fourth-order valence-corrected chi connectivity index (χ4v) is 5.57. The molecule has 1 aromatic heterocycles. The van der Waals surface area contributed by atoms with E-state index in [-0.39, 0.29) is 12.6 Å². The van der Waals surface area contributed by atoms with Gasteiger partial charge in [-0.2, -0.15) is 0 Å². The lowest BCUT2D eigenvalue weighted by atomic mass is 10.1. The van der Waals surface area contributed by atoms with E-state index in [0.29, 0.717) is 36.1 Å². The van der Waals surface area contributed by atoms with Crippen molar-refractivity contribution < 1.29 is 17.9 Å². The van der Waals surface area contributed by atoms with Crippen LogP contribution in [0.1, 0.15) is 10.8 Å². The molecule has 2 aromatic rings. The van der Waals surface area contributed by atoms with Crippen LogP contribution in [-0.4, -0.2) is 52.2 Å². The second-order valence-corrected chi connectivity index (χ2v) is 8.97. The lowest BCUT2D eigenvalue weighted by Gasteiger charge is -2.28. The van der Waals surface area contributed by atoms with Gasteiger partial charge in [0.1, 0.15) is 9.46 Å². The van der Waals surface area contributed by atoms with Gasteiger partial charge < -0.3 is 15.0 Å². The number of hydrogen-bond acceptors (Lipinski definition) is 5. The summed E-state index contributed by atoms with van der Waals surface area (Å²) < 4.78 is 31.6. The number of urea groups is 1. The number of morpholine rings is 1. The van der Waals surface area contributed by atoms with Gasteiger partial charge in [0.15, 0.2) is 9.84 Å². The summed E-state index contributed by atoms with van der Waals surface area (Å²) in [5, 5.41) is 3.69. The minimum absolute atomic E-state index is 0.0282. The summed E-state index contributed by atoms with van der Waals surface area (Å²) in [6.07, 6.45) is 0. The van der Waals surface area contributed by atoms with Crippen molar-refractivity contribution in [2.45, 2.75) is 9.46 Å². The molecule has 0 radical (unpaired) electrons. The Morgan fingerprint density at radius 3 is 2.52 bits per heavy atom. The van der Waals surface area contributed by atoms with Gasteiger partial charge in [0, 0.05) is 19.6 Å². The molecule has 1 N–H and O–H groups in total. The van der Waals surface area contributed by atoms with Crippen LogP contribution in [0.25, 0.3) is 0 Å². The molecule has 1 aliphatic rings. The zero-order valence-corrected chi connectivity index (χ0v) is 15.3. The van der Waals surface area contributed by atoms with Crippen LogP contribution in [0, 0.1) is 0 Å². The van der Waals surface area contributed by atoms with Gasteiger partial charge in [-0.05, 0) is 17.0 Å². The number of rotatable bonds is 5. The van der Waals surface area contributed by atoms with Crippen LogP contribution < -0.4 is 5.32 Å². The molecule has 0 aliphatic carbocycles. The minimum Gasteiger partial charge on any atom is -0.378 e. The van der Waals surface area contributed by atoms with Crippen LogP contribution in [0.2, 0.25) is 0 Å². The number of hydrogen-bond donors (Lipinski definition) is 1. The highest BCUT2D eigenvalue weighted by Gasteiger charge is 2.31. The summed E-state index contributed by atoms with van der Waals surface area (Å²) in [6.45, 7) is 2.06. The molecule has 2 heterocycles. The van der Waals surface area contributed by atoms with E-state index in [9.17, 15) is 13.2 Å². The normalized spacial score (nSPS) is 16.4. The second-order valence-electron chi connectivity index (χ2n) is 5.66. The van der Waals surface area contributed by atoms with Crippen molar-refractivity contribution in [1.82, 2.24) is 10.2 Å². The summed E-state index contributed by atoms with van der Waals surface area (Å²) in [4.78, 5) is 14.0. The van der Waals surface area contributed by atoms with E-state index in [1.54, 1.807) is 46.7 Å². The molecule has 0 spiro atoms. The third-order valence-corrected chi connectivity index (χ3v) is 7.59. The Morgan fingerprint density at radius 1 is 1.16 bits per heavy atom. The van der Waals surface area contributed by atoms with Crippen molar-refractivity contribution >= 4 is 27.2 Å². The van der Waals surface area contributed by atoms with E-state index in [4.69, 9.17) is 4.74 Å². The molecular weight excluding hydrogens is 360 g/mol. The van der Waals surface area contributed by atoms with Crippen LogP contribution >= 0.6 is 11.3 Å². The number of ether oxygens (including phenoxy) is 1. The van der Waals surface area contributed by atoms with Gasteiger partial charge in [0.2, 0.25) is 0 Å². The molecule has 6 nitrogen and oxygen atoms in total. The highest BCUT2D eigenvalue weighted by molar-refractivity contribution is 7.93. The van der Waals surface area contributed by atoms with Gasteiger partial charge in [0.05, 0.1) is 13.2 Å². The van der Waals surface area contributed by atoms with E-state index in [1.807, 2.05) is 6.07 Å². The number of carbonyl (C=O) groups excluding carboxylic acids is 1. The van der Waals surface area contributed by atoms with E-state index < -0.39 is 15.1 Å². The van der Waals surface area contributed by atoms with Crippen molar-refractivity contribution in [3.05, 3.63) is 53.4 Å². The number of nitrogens with one attached hydrogen (secondary N) is 1. The molecule has 1 fully saturated rings. The summed E-state index contributed by atoms with van der Waals surface area (Å²) in [5.74, 6) is 0. The Kier molecular flexibility index (Phi) is 5.72. The number of sulfone groups is 1. The molecule has 0 bridgehead atoms. The van der Waals surface area contributed by atoms with Crippen LogP contribution in [0.5, 0.6) is 0 Å². The SMILES string of the molecule is O=C(NCC(c1ccccc1)S(=O)(=O)c1cccs1)N1CCOCC1. The fourth-order valence-electron chi connectivity index (χ4n) is 2.70. The smallest absolute Gasteiger partial charge is 0.317 e. The molecule has 0 saturated carbocycles. The maximum Gasteiger partial charge on any atom is 0.317 e. The molecule has 1 saturated heterocycles. The predicted molar refractivity (Wildman–Crippen MR) is 96.5 cm³/mol. The Bertz CT molecular complexity index is 785. The molecule has 3 rings (SSSR count). The third-order valence-electron chi connectivity index (χ3n) is 4.06. The van der Waals surface area contributed by atoms with Crippen LogP contribution in [0.15, 0.2) is 52.1 Å². The van der Waals surface area contributed by atoms with Crippen LogP contribution in [-0.2, 0) is 14.6 Å². The molecule has 25 heavy (non-hydrogen) atoms. The van der Waals surface area contributed by atoms with Gasteiger partial charge in [-0.15, -0.1) is 11.3 Å². The lowest BCUT2D eigenvalue weighted by Crippen LogP contribution is -2.47. The Labute approximate surface area is 151 Å². The van der Waals surface area contributed by atoms with Crippen LogP contribution in [0.4, 0.5) is 4.79 Å². The molecule has 1 atom stereocenters. The predicted octanol–water partition coefficient (Wildman–Crippen LogP) is 2.30. The first kappa shape index (κ1) is 17.9. The first-order valence-corrected chi connectivity index (χ1v) is 10.4. The van der Waals surface area contributed by atoms with Crippen molar-refractivity contribution in [3.8, 4) is 0 Å². The number of amides is 2. The number of carbonyl (C=O) groups is 1. The monoisotopic (exact) mass is 380 g/mol. The fraction of sp³-hybridized carbons (Fsp3) is 0.353. The van der Waals surface area contributed by atoms with E-state index in [0.717, 1.165) is 0 Å². The Hall–Kier alpha value is -1.90. The van der Waals surface area contributed by atoms with Crippen molar-refractivity contribution in [1.29, 1.82) is 0 Å². The van der Waals surface area contributed by atoms with E-state index >= 15 is 0 Å². The topological polar surface area (TPSA) is 75.7 Å². The molecule has 1 aliphatic heterocycles. The Morgan fingerprint density at radius 2 is 1.88 bits per heavy atom. The van der Waals surface area contributed by atoms with E-state index in [2.05, 4.69) is 5.32 Å². The molecule has 1 aromatic carbocycles. The molecule has 1 unspecified atom stereocenters. The first-order valence-electron chi connectivity index (χ1n) is 8.02. The highest BCUT2D eigenvalue weighted by atomic mass is 32.2.